The van der Waals surface area contributed by atoms with E-state index in [2.05, 4.69) is 15.5 Å². The molecule has 0 radical (unpaired) electrons. The molecule has 0 saturated heterocycles. The van der Waals surface area contributed by atoms with E-state index in [1.165, 1.54) is 11.3 Å². The zero-order valence-corrected chi connectivity index (χ0v) is 14.1. The molecule has 8 heteroatoms. The van der Waals surface area contributed by atoms with Crippen LogP contribution in [0.4, 0.5) is 0 Å². The first-order valence-corrected chi connectivity index (χ1v) is 7.99. The number of ether oxygens (including phenoxy) is 1. The Morgan fingerprint density at radius 1 is 1.33 bits per heavy atom. The maximum absolute atomic E-state index is 11.8. The molecule has 0 aliphatic heterocycles. The quantitative estimate of drug-likeness (QED) is 0.586. The number of benzene rings is 1. The summed E-state index contributed by atoms with van der Waals surface area (Å²) in [5, 5.41) is 17.0. The van der Waals surface area contributed by atoms with Crippen molar-refractivity contribution in [3.63, 3.8) is 0 Å². The molecule has 1 aromatic heterocycles. The van der Waals surface area contributed by atoms with Crippen LogP contribution in [-0.4, -0.2) is 29.2 Å². The number of aromatic nitrogens is 1. The van der Waals surface area contributed by atoms with Gasteiger partial charge in [-0.25, -0.2) is 10.4 Å². The number of hydrazone groups is 1. The van der Waals surface area contributed by atoms with E-state index in [0.717, 1.165) is 16.3 Å². The van der Waals surface area contributed by atoms with E-state index >= 15 is 0 Å². The fraction of sp³-hybridized carbons (Fsp3) is 0.250. The minimum absolute atomic E-state index is 0.186. The molecule has 0 spiro atoms. The van der Waals surface area contributed by atoms with Crippen molar-refractivity contribution in [3.8, 4) is 5.75 Å². The molecule has 0 fully saturated rings. The number of nitrogens with zero attached hydrogens (tertiary/aromatic N) is 2. The average molecular weight is 346 g/mol. The summed E-state index contributed by atoms with van der Waals surface area (Å²) < 4.78 is 4.99. The molecule has 0 atom stereocenters. The van der Waals surface area contributed by atoms with Crippen LogP contribution in [0.1, 0.15) is 23.2 Å². The van der Waals surface area contributed by atoms with Crippen molar-refractivity contribution in [2.75, 3.05) is 6.61 Å². The van der Waals surface area contributed by atoms with Gasteiger partial charge in [-0.15, -0.1) is 11.3 Å². The summed E-state index contributed by atoms with van der Waals surface area (Å²) in [6.45, 7) is 3.13. The van der Waals surface area contributed by atoms with Crippen molar-refractivity contribution in [2.24, 2.45) is 5.10 Å². The second-order valence-corrected chi connectivity index (χ2v) is 5.92. The van der Waals surface area contributed by atoms with E-state index in [9.17, 15) is 14.7 Å². The number of rotatable bonds is 7. The zero-order chi connectivity index (χ0) is 17.5. The normalized spacial score (nSPS) is 11.2. The summed E-state index contributed by atoms with van der Waals surface area (Å²) in [4.78, 5) is 26.4. The van der Waals surface area contributed by atoms with Crippen LogP contribution in [0.25, 0.3) is 0 Å². The van der Waals surface area contributed by atoms with Gasteiger partial charge in [0.1, 0.15) is 17.4 Å². The second-order valence-electron chi connectivity index (χ2n) is 4.98. The summed E-state index contributed by atoms with van der Waals surface area (Å²) >= 11 is 1.44. The van der Waals surface area contributed by atoms with E-state index in [1.54, 1.807) is 31.2 Å². The molecule has 7 nitrogen and oxygen atoms in total. The van der Waals surface area contributed by atoms with Gasteiger partial charge in [0, 0.05) is 11.1 Å². The fourth-order valence-corrected chi connectivity index (χ4v) is 2.58. The van der Waals surface area contributed by atoms with Crippen molar-refractivity contribution in [3.05, 3.63) is 45.9 Å². The van der Waals surface area contributed by atoms with Crippen LogP contribution in [0, 0.1) is 6.92 Å². The van der Waals surface area contributed by atoms with Crippen molar-refractivity contribution >= 4 is 28.9 Å². The van der Waals surface area contributed by atoms with Crippen LogP contribution < -0.4 is 15.3 Å². The molecule has 1 N–H and O–H groups in total. The molecule has 0 bridgehead atoms. The number of carboxylic acids is 1. The maximum Gasteiger partial charge on any atom is 0.246 e. The van der Waals surface area contributed by atoms with Gasteiger partial charge in [0.25, 0.3) is 0 Å². The highest BCUT2D eigenvalue weighted by Gasteiger charge is 2.06. The Bertz CT molecular complexity index is 753. The average Bonchev–Trinajstić information content (AvgIpc) is 2.96. The molecule has 126 valence electrons. The number of amides is 1. The van der Waals surface area contributed by atoms with E-state index in [0.29, 0.717) is 11.5 Å². The predicted molar refractivity (Wildman–Crippen MR) is 87.9 cm³/mol. The lowest BCUT2D eigenvalue weighted by atomic mass is 10.1. The Morgan fingerprint density at radius 3 is 2.62 bits per heavy atom. The number of hydrogen-bond donors (Lipinski definition) is 1. The first kappa shape index (κ1) is 17.6. The Hall–Kier alpha value is -2.74. The molecule has 0 unspecified atom stereocenters. The molecule has 24 heavy (non-hydrogen) atoms. The standard InChI is InChI=1S/C16H17N3O4S/c1-10-9-24-15(17-10)7-14(20)19-18-11(2)12-3-5-13(6-4-12)23-8-16(21)22/h3-6,9H,7-8H2,1-2H3,(H,19,20)(H,21,22)/p-1/b18-11-. The molecule has 0 aliphatic carbocycles. The van der Waals surface area contributed by atoms with Crippen molar-refractivity contribution in [2.45, 2.75) is 20.3 Å². The third kappa shape index (κ3) is 5.47. The molecular formula is C16H16N3O4S-. The Morgan fingerprint density at radius 2 is 2.04 bits per heavy atom. The molecule has 0 saturated carbocycles. The van der Waals surface area contributed by atoms with Gasteiger partial charge in [-0.05, 0) is 43.7 Å². The summed E-state index contributed by atoms with van der Waals surface area (Å²) in [6.07, 6.45) is 0.186. The highest BCUT2D eigenvalue weighted by molar-refractivity contribution is 7.09. The molecule has 2 aromatic rings. The lowest BCUT2D eigenvalue weighted by molar-refractivity contribution is -0.307. The van der Waals surface area contributed by atoms with Gasteiger partial charge >= 0.3 is 0 Å². The lowest BCUT2D eigenvalue weighted by Gasteiger charge is -2.07. The van der Waals surface area contributed by atoms with Crippen LogP contribution in [0.3, 0.4) is 0 Å². The summed E-state index contributed by atoms with van der Waals surface area (Å²) in [5.74, 6) is -1.11. The Labute approximate surface area is 143 Å². The van der Waals surface area contributed by atoms with E-state index in [1.807, 2.05) is 12.3 Å². The van der Waals surface area contributed by atoms with Gasteiger partial charge in [-0.1, -0.05) is 0 Å². The molecular weight excluding hydrogens is 330 g/mol. The minimum atomic E-state index is -1.28. The van der Waals surface area contributed by atoms with E-state index in [-0.39, 0.29) is 12.3 Å². The number of nitrogens with one attached hydrogen (secondary N) is 1. The minimum Gasteiger partial charge on any atom is -0.546 e. The van der Waals surface area contributed by atoms with E-state index in [4.69, 9.17) is 4.74 Å². The van der Waals surface area contributed by atoms with Crippen molar-refractivity contribution in [1.82, 2.24) is 10.4 Å². The summed E-state index contributed by atoms with van der Waals surface area (Å²) in [6, 6.07) is 6.69. The first-order chi connectivity index (χ1) is 11.4. The summed E-state index contributed by atoms with van der Waals surface area (Å²) in [7, 11) is 0. The van der Waals surface area contributed by atoms with Gasteiger partial charge in [0.2, 0.25) is 5.91 Å². The number of carbonyl (C=O) groups excluding carboxylic acids is 2. The smallest absolute Gasteiger partial charge is 0.246 e. The maximum atomic E-state index is 11.8. The van der Waals surface area contributed by atoms with Crippen LogP contribution in [0.2, 0.25) is 0 Å². The number of carbonyl (C=O) groups is 2. The second kappa shape index (κ2) is 8.21. The molecule has 0 aliphatic rings. The highest BCUT2D eigenvalue weighted by atomic mass is 32.1. The molecule has 2 rings (SSSR count). The van der Waals surface area contributed by atoms with Gasteiger partial charge < -0.3 is 14.6 Å². The number of hydrogen-bond acceptors (Lipinski definition) is 7. The van der Waals surface area contributed by atoms with Gasteiger partial charge in [0.05, 0.1) is 18.1 Å². The topological polar surface area (TPSA) is 104 Å². The Balaban J connectivity index is 1.90. The zero-order valence-electron chi connectivity index (χ0n) is 13.2. The number of aliphatic carboxylic acids is 1. The molecule has 1 amide bonds. The van der Waals surface area contributed by atoms with Gasteiger partial charge in [-0.3, -0.25) is 4.79 Å². The highest BCUT2D eigenvalue weighted by Crippen LogP contribution is 2.13. The largest absolute Gasteiger partial charge is 0.546 e. The first-order valence-electron chi connectivity index (χ1n) is 7.11. The van der Waals surface area contributed by atoms with Crippen LogP contribution in [-0.2, 0) is 16.0 Å². The predicted octanol–water partition coefficient (Wildman–Crippen LogP) is 0.663. The van der Waals surface area contributed by atoms with E-state index < -0.39 is 12.6 Å². The van der Waals surface area contributed by atoms with Crippen LogP contribution in [0.5, 0.6) is 5.75 Å². The van der Waals surface area contributed by atoms with Crippen molar-refractivity contribution in [1.29, 1.82) is 0 Å². The van der Waals surface area contributed by atoms with Crippen molar-refractivity contribution < 1.29 is 19.4 Å². The fourth-order valence-electron chi connectivity index (χ4n) is 1.81. The third-order valence-corrected chi connectivity index (χ3v) is 3.92. The Kier molecular flexibility index (Phi) is 6.02. The number of carboxylic acid groups (broad SMARTS) is 1. The molecule has 1 aromatic carbocycles. The van der Waals surface area contributed by atoms with Gasteiger partial charge in [0.15, 0.2) is 0 Å². The van der Waals surface area contributed by atoms with Crippen LogP contribution in [0.15, 0.2) is 34.7 Å². The number of thiazole rings is 1. The lowest BCUT2D eigenvalue weighted by Crippen LogP contribution is -2.28. The van der Waals surface area contributed by atoms with Gasteiger partial charge in [-0.2, -0.15) is 5.10 Å². The number of aryl methyl sites for hydroxylation is 1. The molecule has 1 heterocycles. The van der Waals surface area contributed by atoms with Crippen LogP contribution >= 0.6 is 11.3 Å². The summed E-state index contributed by atoms with van der Waals surface area (Å²) in [5.41, 5.74) is 4.78. The SMILES string of the molecule is C/C(=N/NC(=O)Cc1nc(C)cs1)c1ccc(OCC(=O)[O-])cc1. The monoisotopic (exact) mass is 346 g/mol. The third-order valence-electron chi connectivity index (χ3n) is 2.96.